The maximum absolute atomic E-state index is 6.54. The minimum atomic E-state index is 0.551. The molecule has 5 nitrogen and oxygen atoms in total. The Balaban J connectivity index is 1.25. The van der Waals surface area contributed by atoms with Crippen molar-refractivity contribution >= 4 is 43.9 Å². The fraction of sp³-hybridized carbons (Fsp3) is 0. The number of furan rings is 2. The molecular weight excluding hydrogens is 542 g/mol. The van der Waals surface area contributed by atoms with Crippen LogP contribution in [0.15, 0.2) is 148 Å². The van der Waals surface area contributed by atoms with E-state index in [4.69, 9.17) is 23.8 Å². The summed E-state index contributed by atoms with van der Waals surface area (Å²) in [5.74, 6) is 1.71. The van der Waals surface area contributed by atoms with Crippen molar-refractivity contribution in [2.75, 3.05) is 0 Å². The van der Waals surface area contributed by atoms with Gasteiger partial charge in [-0.1, -0.05) is 115 Å². The lowest BCUT2D eigenvalue weighted by molar-refractivity contribution is 0.669. The molecule has 0 aliphatic carbocycles. The Morgan fingerprint density at radius 1 is 0.341 bits per heavy atom. The average molecular weight is 566 g/mol. The number of nitrogens with zero attached hydrogens (tertiary/aromatic N) is 3. The van der Waals surface area contributed by atoms with Crippen molar-refractivity contribution in [2.45, 2.75) is 0 Å². The highest BCUT2D eigenvalue weighted by Gasteiger charge is 2.19. The third-order valence-corrected chi connectivity index (χ3v) is 8.15. The fourth-order valence-electron chi connectivity index (χ4n) is 6.05. The molecule has 0 saturated carbocycles. The van der Waals surface area contributed by atoms with Crippen molar-refractivity contribution in [2.24, 2.45) is 0 Å². The van der Waals surface area contributed by atoms with Crippen molar-refractivity contribution in [1.82, 2.24) is 15.0 Å². The van der Waals surface area contributed by atoms with Gasteiger partial charge in [-0.2, -0.15) is 0 Å². The van der Waals surface area contributed by atoms with Gasteiger partial charge in [0.1, 0.15) is 22.3 Å². The van der Waals surface area contributed by atoms with Gasteiger partial charge in [0.2, 0.25) is 0 Å². The van der Waals surface area contributed by atoms with Gasteiger partial charge < -0.3 is 8.83 Å². The van der Waals surface area contributed by atoms with Crippen LogP contribution in [0.25, 0.3) is 89.2 Å². The van der Waals surface area contributed by atoms with Crippen molar-refractivity contribution in [3.05, 3.63) is 140 Å². The Bertz CT molecular complexity index is 2500. The fourth-order valence-corrected chi connectivity index (χ4v) is 6.05. The Kier molecular flexibility index (Phi) is 5.43. The molecule has 0 aliphatic heterocycles. The summed E-state index contributed by atoms with van der Waals surface area (Å²) in [6, 6.07) is 46.9. The molecule has 0 fully saturated rings. The van der Waals surface area contributed by atoms with Crippen molar-refractivity contribution in [3.8, 4) is 45.3 Å². The smallest absolute Gasteiger partial charge is 0.167 e. The number of para-hydroxylation sites is 3. The molecule has 9 rings (SSSR count). The van der Waals surface area contributed by atoms with Gasteiger partial charge in [-0.3, -0.25) is 0 Å². The lowest BCUT2D eigenvalue weighted by Gasteiger charge is -2.08. The number of hydrogen-bond acceptors (Lipinski definition) is 5. The average Bonchev–Trinajstić information content (AvgIpc) is 3.67. The first-order valence-electron chi connectivity index (χ1n) is 14.5. The summed E-state index contributed by atoms with van der Waals surface area (Å²) >= 11 is 0. The molecule has 0 N–H and O–H groups in total. The summed E-state index contributed by atoms with van der Waals surface area (Å²) in [6.07, 6.45) is 0. The van der Waals surface area contributed by atoms with Gasteiger partial charge in [0.05, 0.1) is 5.56 Å². The Morgan fingerprint density at radius 2 is 0.886 bits per heavy atom. The molecule has 3 aromatic heterocycles. The van der Waals surface area contributed by atoms with Gasteiger partial charge in [-0.05, 0) is 29.8 Å². The van der Waals surface area contributed by atoms with E-state index in [9.17, 15) is 0 Å². The van der Waals surface area contributed by atoms with Crippen LogP contribution in [0.5, 0.6) is 0 Å². The first-order valence-corrected chi connectivity index (χ1v) is 14.5. The summed E-state index contributed by atoms with van der Waals surface area (Å²) in [4.78, 5) is 14.9. The quantitative estimate of drug-likeness (QED) is 0.212. The lowest BCUT2D eigenvalue weighted by Crippen LogP contribution is -2.00. The van der Waals surface area contributed by atoms with Crippen LogP contribution >= 0.6 is 0 Å². The SMILES string of the molecule is c1ccc(-c2nc(-c3ccc4c(c3)oc3c(-c5ccccc5)cccc34)nc(-c3cccc4c3oc3ccccc34)n2)cc1. The van der Waals surface area contributed by atoms with Crippen molar-refractivity contribution in [3.63, 3.8) is 0 Å². The molecule has 0 unspecified atom stereocenters. The standard InChI is InChI=1S/C39H23N3O2/c1-3-11-24(12-4-1)27-16-9-17-31-29-22-21-26(23-34(29)44-35(27)31)38-40-37(25-13-5-2-6-14-25)41-39(42-38)32-19-10-18-30-28-15-7-8-20-33(28)43-36(30)32/h1-23H. The molecule has 0 amide bonds. The normalized spacial score (nSPS) is 11.6. The van der Waals surface area contributed by atoms with E-state index in [2.05, 4.69) is 54.6 Å². The maximum atomic E-state index is 6.54. The van der Waals surface area contributed by atoms with Crippen LogP contribution in [-0.4, -0.2) is 15.0 Å². The monoisotopic (exact) mass is 565 g/mol. The molecule has 0 bridgehead atoms. The van der Waals surface area contributed by atoms with Crippen LogP contribution < -0.4 is 0 Å². The Hall–Kier alpha value is -6.07. The molecule has 206 valence electrons. The van der Waals surface area contributed by atoms with E-state index in [1.807, 2.05) is 84.9 Å². The van der Waals surface area contributed by atoms with E-state index in [0.29, 0.717) is 17.5 Å². The van der Waals surface area contributed by atoms with Crippen LogP contribution in [0, 0.1) is 0 Å². The topological polar surface area (TPSA) is 65.0 Å². The number of fused-ring (bicyclic) bond motifs is 6. The predicted molar refractivity (Wildman–Crippen MR) is 176 cm³/mol. The van der Waals surface area contributed by atoms with E-state index >= 15 is 0 Å². The highest BCUT2D eigenvalue weighted by Crippen LogP contribution is 2.38. The zero-order valence-electron chi connectivity index (χ0n) is 23.4. The highest BCUT2D eigenvalue weighted by molar-refractivity contribution is 6.11. The minimum absolute atomic E-state index is 0.551. The highest BCUT2D eigenvalue weighted by atomic mass is 16.3. The molecule has 44 heavy (non-hydrogen) atoms. The van der Waals surface area contributed by atoms with Gasteiger partial charge in [0.25, 0.3) is 0 Å². The maximum Gasteiger partial charge on any atom is 0.167 e. The third-order valence-electron chi connectivity index (χ3n) is 8.15. The number of benzene rings is 6. The Labute approximate surface area is 252 Å². The molecule has 0 aliphatic rings. The van der Waals surface area contributed by atoms with Crippen LogP contribution in [0.1, 0.15) is 0 Å². The summed E-state index contributed by atoms with van der Waals surface area (Å²) in [5.41, 5.74) is 7.98. The second-order valence-corrected chi connectivity index (χ2v) is 10.8. The van der Waals surface area contributed by atoms with E-state index in [1.54, 1.807) is 0 Å². The van der Waals surface area contributed by atoms with Gasteiger partial charge in [0, 0.05) is 38.2 Å². The van der Waals surface area contributed by atoms with Crippen molar-refractivity contribution in [1.29, 1.82) is 0 Å². The van der Waals surface area contributed by atoms with Crippen LogP contribution in [0.4, 0.5) is 0 Å². The van der Waals surface area contributed by atoms with Crippen molar-refractivity contribution < 1.29 is 8.83 Å². The van der Waals surface area contributed by atoms with E-state index in [-0.39, 0.29) is 0 Å². The predicted octanol–water partition coefficient (Wildman–Crippen LogP) is 10.3. The van der Waals surface area contributed by atoms with Gasteiger partial charge in [0.15, 0.2) is 17.5 Å². The minimum Gasteiger partial charge on any atom is -0.455 e. The number of aromatic nitrogens is 3. The first-order chi connectivity index (χ1) is 21.8. The molecule has 0 atom stereocenters. The number of rotatable bonds is 4. The summed E-state index contributed by atoms with van der Waals surface area (Å²) in [7, 11) is 0. The Morgan fingerprint density at radius 3 is 1.66 bits per heavy atom. The van der Waals surface area contributed by atoms with Crippen LogP contribution in [0.3, 0.4) is 0 Å². The van der Waals surface area contributed by atoms with Gasteiger partial charge in [-0.25, -0.2) is 15.0 Å². The van der Waals surface area contributed by atoms with Crippen LogP contribution in [-0.2, 0) is 0 Å². The molecule has 9 aromatic rings. The molecule has 0 radical (unpaired) electrons. The third kappa shape index (κ3) is 3.91. The van der Waals surface area contributed by atoms with E-state index < -0.39 is 0 Å². The zero-order valence-corrected chi connectivity index (χ0v) is 23.4. The second-order valence-electron chi connectivity index (χ2n) is 10.8. The largest absolute Gasteiger partial charge is 0.455 e. The zero-order chi connectivity index (χ0) is 29.0. The summed E-state index contributed by atoms with van der Waals surface area (Å²) in [5, 5.41) is 4.21. The van der Waals surface area contributed by atoms with E-state index in [0.717, 1.165) is 71.7 Å². The van der Waals surface area contributed by atoms with Crippen LogP contribution in [0.2, 0.25) is 0 Å². The van der Waals surface area contributed by atoms with Gasteiger partial charge >= 0.3 is 0 Å². The summed E-state index contributed by atoms with van der Waals surface area (Å²) < 4.78 is 12.9. The van der Waals surface area contributed by atoms with Gasteiger partial charge in [-0.15, -0.1) is 0 Å². The van der Waals surface area contributed by atoms with E-state index in [1.165, 1.54) is 0 Å². The number of hydrogen-bond donors (Lipinski definition) is 0. The molecule has 5 heteroatoms. The molecule has 6 aromatic carbocycles. The second kappa shape index (κ2) is 9.75. The molecule has 0 spiro atoms. The molecular formula is C39H23N3O2. The first kappa shape index (κ1) is 24.5. The molecule has 0 saturated heterocycles. The lowest BCUT2D eigenvalue weighted by atomic mass is 10.0. The summed E-state index contributed by atoms with van der Waals surface area (Å²) in [6.45, 7) is 0. The molecule has 3 heterocycles.